The molecule has 1 amide bonds. The minimum absolute atomic E-state index is 0.0136. The van der Waals surface area contributed by atoms with E-state index in [9.17, 15) is 4.79 Å². The van der Waals surface area contributed by atoms with Crippen molar-refractivity contribution in [1.29, 1.82) is 0 Å². The molecule has 3 heterocycles. The Labute approximate surface area is 187 Å². The van der Waals surface area contributed by atoms with Gasteiger partial charge < -0.3 is 16.0 Å². The molecule has 0 saturated carbocycles. The lowest BCUT2D eigenvalue weighted by Gasteiger charge is -2.31. The SMILES string of the molecule is CCNc1nc(NCC)n2c(SCC(=O)NC3CCN(CC=C(C)C)CC3)nnc2n1. The van der Waals surface area contributed by atoms with Gasteiger partial charge in [-0.15, -0.1) is 10.2 Å². The van der Waals surface area contributed by atoms with Crippen molar-refractivity contribution < 1.29 is 4.79 Å². The van der Waals surface area contributed by atoms with Crippen LogP contribution >= 0.6 is 11.8 Å². The summed E-state index contributed by atoms with van der Waals surface area (Å²) >= 11 is 1.34. The highest BCUT2D eigenvalue weighted by atomic mass is 32.2. The normalized spacial score (nSPS) is 15.1. The molecule has 1 fully saturated rings. The van der Waals surface area contributed by atoms with Gasteiger partial charge >= 0.3 is 0 Å². The second-order valence-electron chi connectivity index (χ2n) is 7.76. The Bertz CT molecular complexity index is 901. The molecule has 0 radical (unpaired) electrons. The van der Waals surface area contributed by atoms with E-state index in [0.717, 1.165) is 32.5 Å². The number of nitrogens with one attached hydrogen (secondary N) is 3. The molecule has 31 heavy (non-hydrogen) atoms. The van der Waals surface area contributed by atoms with Crippen LogP contribution in [0.4, 0.5) is 11.9 Å². The van der Waals surface area contributed by atoms with Crippen LogP contribution < -0.4 is 16.0 Å². The molecule has 0 aliphatic carbocycles. The maximum Gasteiger partial charge on any atom is 0.261 e. The first-order valence-electron chi connectivity index (χ1n) is 10.9. The van der Waals surface area contributed by atoms with E-state index >= 15 is 0 Å². The molecule has 170 valence electrons. The third kappa shape index (κ3) is 6.54. The van der Waals surface area contributed by atoms with Gasteiger partial charge in [0.2, 0.25) is 17.8 Å². The predicted octanol–water partition coefficient (Wildman–Crippen LogP) is 2.02. The van der Waals surface area contributed by atoms with Crippen LogP contribution in [0.1, 0.15) is 40.5 Å². The summed E-state index contributed by atoms with van der Waals surface area (Å²) in [5.41, 5.74) is 1.34. The fourth-order valence-electron chi connectivity index (χ4n) is 3.37. The molecule has 0 atom stereocenters. The van der Waals surface area contributed by atoms with E-state index in [1.807, 2.05) is 13.8 Å². The summed E-state index contributed by atoms with van der Waals surface area (Å²) in [4.78, 5) is 23.8. The third-order valence-corrected chi connectivity index (χ3v) is 5.89. The van der Waals surface area contributed by atoms with E-state index < -0.39 is 0 Å². The number of carbonyl (C=O) groups excluding carboxylic acids is 1. The Balaban J connectivity index is 1.55. The molecule has 0 unspecified atom stereocenters. The van der Waals surface area contributed by atoms with Crippen LogP contribution in [-0.4, -0.2) is 79.9 Å². The fourth-order valence-corrected chi connectivity index (χ4v) is 4.11. The molecule has 1 aliphatic heterocycles. The quantitative estimate of drug-likeness (QED) is 0.372. The number of allylic oxidation sites excluding steroid dienone is 1. The molecule has 1 aliphatic rings. The van der Waals surface area contributed by atoms with Gasteiger partial charge in [-0.25, -0.2) is 4.40 Å². The average molecular weight is 448 g/mol. The lowest BCUT2D eigenvalue weighted by Crippen LogP contribution is -2.45. The van der Waals surface area contributed by atoms with Crippen molar-refractivity contribution in [3.63, 3.8) is 0 Å². The second-order valence-corrected chi connectivity index (χ2v) is 8.70. The van der Waals surface area contributed by atoms with Crippen LogP contribution in [0.25, 0.3) is 5.78 Å². The number of hydrogen-bond acceptors (Lipinski definition) is 9. The lowest BCUT2D eigenvalue weighted by molar-refractivity contribution is -0.119. The van der Waals surface area contributed by atoms with Gasteiger partial charge in [0.05, 0.1) is 5.75 Å². The van der Waals surface area contributed by atoms with Crippen molar-refractivity contribution in [2.24, 2.45) is 0 Å². The molecular formula is C20H33N9OS. The fraction of sp³-hybridized carbons (Fsp3) is 0.650. The maximum absolute atomic E-state index is 12.5. The summed E-state index contributed by atoms with van der Waals surface area (Å²) in [6.45, 7) is 12.6. The van der Waals surface area contributed by atoms with Crippen LogP contribution in [0.5, 0.6) is 0 Å². The number of thioether (sulfide) groups is 1. The number of likely N-dealkylation sites (tertiary alicyclic amines) is 1. The van der Waals surface area contributed by atoms with Crippen molar-refractivity contribution in [3.05, 3.63) is 11.6 Å². The molecule has 11 heteroatoms. The molecular weight excluding hydrogens is 414 g/mol. The van der Waals surface area contributed by atoms with Crippen LogP contribution in [0, 0.1) is 0 Å². The van der Waals surface area contributed by atoms with E-state index in [-0.39, 0.29) is 17.7 Å². The molecule has 0 aromatic carbocycles. The summed E-state index contributed by atoms with van der Waals surface area (Å²) < 4.78 is 1.75. The van der Waals surface area contributed by atoms with Gasteiger partial charge in [0.25, 0.3) is 5.78 Å². The Morgan fingerprint density at radius 2 is 1.87 bits per heavy atom. The summed E-state index contributed by atoms with van der Waals surface area (Å²) in [6.07, 6.45) is 4.21. The largest absolute Gasteiger partial charge is 0.355 e. The highest BCUT2D eigenvalue weighted by Crippen LogP contribution is 2.21. The van der Waals surface area contributed by atoms with Crippen LogP contribution in [0.15, 0.2) is 16.8 Å². The van der Waals surface area contributed by atoms with Gasteiger partial charge in [-0.2, -0.15) is 9.97 Å². The zero-order valence-electron chi connectivity index (χ0n) is 18.8. The van der Waals surface area contributed by atoms with Crippen molar-refractivity contribution in [2.75, 3.05) is 49.1 Å². The van der Waals surface area contributed by atoms with Gasteiger partial charge in [0, 0.05) is 38.8 Å². The standard InChI is InChI=1S/C20H33N9OS/c1-5-21-17-24-18(22-6-2)29-19(25-17)26-27-20(29)31-13-16(30)23-15-8-11-28(12-9-15)10-7-14(3)4/h7,15H,5-6,8-13H2,1-4H3,(H,23,30)(H2,21,22,24,25,26). The number of anilines is 2. The molecule has 1 saturated heterocycles. The second kappa shape index (κ2) is 11.3. The number of rotatable bonds is 10. The number of piperidine rings is 1. The van der Waals surface area contributed by atoms with Crippen molar-refractivity contribution in [2.45, 2.75) is 51.7 Å². The summed E-state index contributed by atoms with van der Waals surface area (Å²) in [7, 11) is 0. The number of fused-ring (bicyclic) bond motifs is 1. The number of hydrogen-bond donors (Lipinski definition) is 3. The average Bonchev–Trinajstić information content (AvgIpc) is 3.15. The molecule has 3 N–H and O–H groups in total. The Kier molecular flexibility index (Phi) is 8.47. The zero-order valence-corrected chi connectivity index (χ0v) is 19.6. The van der Waals surface area contributed by atoms with E-state index in [0.29, 0.717) is 35.9 Å². The minimum Gasteiger partial charge on any atom is -0.355 e. The topological polar surface area (TPSA) is 112 Å². The Morgan fingerprint density at radius 3 is 2.55 bits per heavy atom. The number of nitrogens with zero attached hydrogens (tertiary/aromatic N) is 6. The van der Waals surface area contributed by atoms with Gasteiger partial charge in [0.1, 0.15) is 0 Å². The van der Waals surface area contributed by atoms with Crippen LogP contribution in [0.3, 0.4) is 0 Å². The number of carbonyl (C=O) groups is 1. The molecule has 2 aromatic rings. The Morgan fingerprint density at radius 1 is 1.13 bits per heavy atom. The third-order valence-electron chi connectivity index (χ3n) is 4.96. The van der Waals surface area contributed by atoms with E-state index in [2.05, 4.69) is 60.9 Å². The summed E-state index contributed by atoms with van der Waals surface area (Å²) in [5.74, 6) is 1.86. The first kappa shape index (κ1) is 23.3. The van der Waals surface area contributed by atoms with E-state index in [1.165, 1.54) is 17.3 Å². The van der Waals surface area contributed by atoms with Crippen LogP contribution in [-0.2, 0) is 4.79 Å². The van der Waals surface area contributed by atoms with Gasteiger partial charge in [0.15, 0.2) is 5.16 Å². The first-order valence-corrected chi connectivity index (χ1v) is 11.9. The predicted molar refractivity (Wildman–Crippen MR) is 125 cm³/mol. The molecule has 2 aromatic heterocycles. The monoisotopic (exact) mass is 447 g/mol. The smallest absolute Gasteiger partial charge is 0.261 e. The van der Waals surface area contributed by atoms with Gasteiger partial charge in [-0.05, 0) is 40.5 Å². The maximum atomic E-state index is 12.5. The molecule has 0 bridgehead atoms. The molecule has 10 nitrogen and oxygen atoms in total. The number of aromatic nitrogens is 5. The van der Waals surface area contributed by atoms with E-state index in [1.54, 1.807) is 4.40 Å². The molecule has 3 rings (SSSR count). The van der Waals surface area contributed by atoms with Gasteiger partial charge in [-0.3, -0.25) is 9.69 Å². The highest BCUT2D eigenvalue weighted by Gasteiger charge is 2.21. The minimum atomic E-state index is 0.0136. The zero-order chi connectivity index (χ0) is 22.2. The first-order chi connectivity index (χ1) is 15.0. The number of amides is 1. The summed E-state index contributed by atoms with van der Waals surface area (Å²) in [5, 5.41) is 18.5. The van der Waals surface area contributed by atoms with E-state index in [4.69, 9.17) is 0 Å². The summed E-state index contributed by atoms with van der Waals surface area (Å²) in [6, 6.07) is 0.231. The van der Waals surface area contributed by atoms with Gasteiger partial charge in [-0.1, -0.05) is 23.4 Å². The van der Waals surface area contributed by atoms with Crippen LogP contribution in [0.2, 0.25) is 0 Å². The Hall–Kier alpha value is -2.40. The van der Waals surface area contributed by atoms with Crippen molar-refractivity contribution in [1.82, 2.24) is 34.8 Å². The van der Waals surface area contributed by atoms with Crippen molar-refractivity contribution >= 4 is 35.3 Å². The lowest BCUT2D eigenvalue weighted by atomic mass is 10.0. The van der Waals surface area contributed by atoms with Crippen molar-refractivity contribution in [3.8, 4) is 0 Å². The molecule has 0 spiro atoms. The highest BCUT2D eigenvalue weighted by molar-refractivity contribution is 7.99.